The number of furan rings is 1. The van der Waals surface area contributed by atoms with Gasteiger partial charge in [0.15, 0.2) is 23.3 Å². The first kappa shape index (κ1) is 48.8. The van der Waals surface area contributed by atoms with Gasteiger partial charge in [0, 0.05) is 48.1 Å². The Morgan fingerprint density at radius 3 is 1.24 bits per heavy atom. The fourth-order valence-corrected chi connectivity index (χ4v) is 14.9. The molecule has 0 saturated heterocycles. The van der Waals surface area contributed by atoms with Crippen molar-refractivity contribution in [2.45, 2.75) is 0 Å². The highest BCUT2D eigenvalue weighted by atomic mass is 32.1. The summed E-state index contributed by atoms with van der Waals surface area (Å²) in [5.74, 6) is 3.10. The fraction of sp³-hybridized carbons (Fsp3) is 0. The molecule has 0 amide bonds. The molecule has 0 N–H and O–H groups in total. The summed E-state index contributed by atoms with van der Waals surface area (Å²) in [6.45, 7) is 0. The first-order chi connectivity index (χ1) is 43.6. The molecular weight excluding hydrogens is 1090 g/mol. The van der Waals surface area contributed by atoms with Crippen LogP contribution in [0, 0.1) is 0 Å². The molecule has 0 fully saturated rings. The summed E-state index contributed by atoms with van der Waals surface area (Å²) in [5, 5.41) is 23.6. The molecule has 20 rings (SSSR count). The Balaban J connectivity index is 0.000000128. The van der Waals surface area contributed by atoms with Crippen LogP contribution in [-0.4, -0.2) is 29.1 Å². The monoisotopic (exact) mass is 1140 g/mol. The van der Waals surface area contributed by atoms with Gasteiger partial charge >= 0.3 is 0 Å². The van der Waals surface area contributed by atoms with E-state index in [-0.39, 0.29) is 0 Å². The van der Waals surface area contributed by atoms with Gasteiger partial charge in [0.2, 0.25) is 5.71 Å². The van der Waals surface area contributed by atoms with Crippen molar-refractivity contribution in [3.8, 4) is 34.4 Å². The highest BCUT2D eigenvalue weighted by molar-refractivity contribution is 7.25. The van der Waals surface area contributed by atoms with E-state index in [1.165, 1.54) is 96.3 Å². The molecule has 6 aromatic heterocycles. The fourth-order valence-electron chi connectivity index (χ4n) is 13.8. The van der Waals surface area contributed by atoms with Gasteiger partial charge in [0.25, 0.3) is 0 Å². The molecule has 408 valence electrons. The van der Waals surface area contributed by atoms with Gasteiger partial charge in [0.1, 0.15) is 10.4 Å². The van der Waals surface area contributed by atoms with Crippen molar-refractivity contribution in [2.24, 2.45) is 0 Å². The highest BCUT2D eigenvalue weighted by Gasteiger charge is 2.25. The van der Waals surface area contributed by atoms with Gasteiger partial charge < -0.3 is 4.42 Å². The normalized spacial score (nSPS) is 12.1. The lowest BCUT2D eigenvalue weighted by atomic mass is 10.00. The molecule has 0 bridgehead atoms. The zero-order valence-electron chi connectivity index (χ0n) is 47.1. The van der Waals surface area contributed by atoms with E-state index in [9.17, 15) is 0 Å². The van der Waals surface area contributed by atoms with Crippen LogP contribution in [0.3, 0.4) is 0 Å². The first-order valence-corrected chi connectivity index (χ1v) is 30.5. The number of hydrogen-bond acceptors (Lipinski definition) is 6. The summed E-state index contributed by atoms with van der Waals surface area (Å²) in [6, 6.07) is 99.3. The van der Waals surface area contributed by atoms with Gasteiger partial charge in [-0.05, 0) is 125 Å². The van der Waals surface area contributed by atoms with E-state index in [1.54, 1.807) is 11.3 Å². The van der Waals surface area contributed by atoms with Crippen molar-refractivity contribution in [2.75, 3.05) is 0 Å². The Kier molecular flexibility index (Phi) is 10.5. The molecule has 8 heteroatoms. The number of rotatable bonds is 4. The van der Waals surface area contributed by atoms with Crippen molar-refractivity contribution in [3.63, 3.8) is 0 Å². The summed E-state index contributed by atoms with van der Waals surface area (Å²) in [6.07, 6.45) is 0. The van der Waals surface area contributed by atoms with Crippen LogP contribution < -0.4 is 0 Å². The molecule has 14 aromatic carbocycles. The van der Waals surface area contributed by atoms with E-state index < -0.39 is 0 Å². The maximum Gasteiger partial charge on any atom is 0.233 e. The van der Waals surface area contributed by atoms with Crippen molar-refractivity contribution < 1.29 is 4.42 Å². The van der Waals surface area contributed by atoms with E-state index in [0.29, 0.717) is 11.5 Å². The summed E-state index contributed by atoms with van der Waals surface area (Å²) >= 11 is 1.74. The SMILES string of the molecule is c1ccc2cc3c(cc2c1)c1ccccc1n3-c1nc(-c2ccc3ccc4ccccc4c3c2)nc2oc3ccccc3c12.c1ccc2cc3c(cc2c1)c1ccccc1n3-c1nc(-c2ccc3ccc4ccccc4c3c2)nc2sc3ccccc3c12. The third-order valence-corrected chi connectivity index (χ3v) is 19.0. The molecule has 0 saturated carbocycles. The topological polar surface area (TPSA) is 74.6 Å². The maximum absolute atomic E-state index is 6.44. The van der Waals surface area contributed by atoms with Crippen molar-refractivity contribution in [1.82, 2.24) is 29.1 Å². The standard InChI is InChI=1S/C40H23N3O.C40H23N3S/c2*1-2-11-27-23-35-33(21-26(27)10-1)30-13-5-7-15-34(30)43(35)39-37-31-14-6-8-16-36(31)44-40(37)42-38(41-39)28-20-19-25-18-17-24-9-3-4-12-29(24)32(25)22-28/h2*1-23H. The second-order valence-electron chi connectivity index (χ2n) is 22.9. The molecule has 6 heterocycles. The number of thiophene rings is 1. The van der Waals surface area contributed by atoms with Crippen LogP contribution in [0.15, 0.2) is 283 Å². The second-order valence-corrected chi connectivity index (χ2v) is 23.9. The van der Waals surface area contributed by atoms with E-state index in [1.807, 2.05) is 18.2 Å². The number of nitrogens with zero attached hydrogens (tertiary/aromatic N) is 6. The third-order valence-electron chi connectivity index (χ3n) is 18.0. The van der Waals surface area contributed by atoms with Gasteiger partial charge in [-0.2, -0.15) is 4.98 Å². The van der Waals surface area contributed by atoms with Crippen molar-refractivity contribution >= 4 is 162 Å². The van der Waals surface area contributed by atoms with E-state index in [2.05, 4.69) is 270 Å². The minimum absolute atomic E-state index is 0.580. The number of hydrogen-bond donors (Lipinski definition) is 0. The predicted molar refractivity (Wildman–Crippen MR) is 369 cm³/mol. The smallest absolute Gasteiger partial charge is 0.233 e. The van der Waals surface area contributed by atoms with Crippen LogP contribution in [-0.2, 0) is 0 Å². The molecule has 20 aromatic rings. The second kappa shape index (κ2) is 19.0. The number of aromatic nitrogens is 6. The predicted octanol–water partition coefficient (Wildman–Crippen LogP) is 21.7. The Labute approximate surface area is 505 Å². The number of para-hydroxylation sites is 3. The number of fused-ring (bicyclic) bond motifs is 20. The zero-order valence-corrected chi connectivity index (χ0v) is 47.9. The van der Waals surface area contributed by atoms with Gasteiger partial charge in [-0.1, -0.05) is 218 Å². The Hall–Kier alpha value is -11.6. The minimum Gasteiger partial charge on any atom is -0.437 e. The molecule has 0 atom stereocenters. The van der Waals surface area contributed by atoms with Gasteiger partial charge in [-0.25, -0.2) is 15.0 Å². The zero-order chi connectivity index (χ0) is 57.6. The quantitative estimate of drug-likeness (QED) is 0.164. The van der Waals surface area contributed by atoms with Crippen LogP contribution >= 0.6 is 11.3 Å². The van der Waals surface area contributed by atoms with Crippen molar-refractivity contribution in [1.29, 1.82) is 0 Å². The third kappa shape index (κ3) is 7.43. The molecular formula is C80H46N6OS. The van der Waals surface area contributed by atoms with E-state index in [0.717, 1.165) is 77.2 Å². The van der Waals surface area contributed by atoms with Gasteiger partial charge in [-0.3, -0.25) is 9.13 Å². The lowest BCUT2D eigenvalue weighted by Gasteiger charge is -2.12. The Morgan fingerprint density at radius 1 is 0.273 bits per heavy atom. The molecule has 0 radical (unpaired) electrons. The molecule has 0 unspecified atom stereocenters. The van der Waals surface area contributed by atoms with Crippen LogP contribution in [0.1, 0.15) is 0 Å². The van der Waals surface area contributed by atoms with Crippen LogP contribution in [0.4, 0.5) is 0 Å². The average molecular weight is 1140 g/mol. The van der Waals surface area contributed by atoms with Gasteiger partial charge in [-0.15, -0.1) is 11.3 Å². The van der Waals surface area contributed by atoms with Crippen molar-refractivity contribution in [3.05, 3.63) is 279 Å². The lowest BCUT2D eigenvalue weighted by molar-refractivity contribution is 0.653. The molecule has 88 heavy (non-hydrogen) atoms. The number of benzene rings is 14. The first-order valence-electron chi connectivity index (χ1n) is 29.7. The summed E-state index contributed by atoms with van der Waals surface area (Å²) in [4.78, 5) is 22.2. The van der Waals surface area contributed by atoms with Crippen LogP contribution in [0.2, 0.25) is 0 Å². The molecule has 0 spiro atoms. The Morgan fingerprint density at radius 2 is 0.682 bits per heavy atom. The van der Waals surface area contributed by atoms with E-state index >= 15 is 0 Å². The Bertz CT molecular complexity index is 5960. The lowest BCUT2D eigenvalue weighted by Crippen LogP contribution is -2.02. The summed E-state index contributed by atoms with van der Waals surface area (Å²) in [5.41, 5.74) is 7.83. The minimum atomic E-state index is 0.580. The molecule has 7 nitrogen and oxygen atoms in total. The largest absolute Gasteiger partial charge is 0.437 e. The maximum atomic E-state index is 6.44. The van der Waals surface area contributed by atoms with Gasteiger partial charge in [0.05, 0.1) is 32.8 Å². The summed E-state index contributed by atoms with van der Waals surface area (Å²) in [7, 11) is 0. The van der Waals surface area contributed by atoms with Crippen LogP contribution in [0.25, 0.3) is 185 Å². The average Bonchev–Trinajstić information content (AvgIpc) is 1.72. The highest BCUT2D eigenvalue weighted by Crippen LogP contribution is 2.44. The molecule has 0 aliphatic rings. The summed E-state index contributed by atoms with van der Waals surface area (Å²) < 4.78 is 12.3. The van der Waals surface area contributed by atoms with Crippen LogP contribution in [0.5, 0.6) is 0 Å². The van der Waals surface area contributed by atoms with E-state index in [4.69, 9.17) is 24.4 Å². The molecule has 0 aliphatic heterocycles. The molecule has 0 aliphatic carbocycles.